The zero-order valence-corrected chi connectivity index (χ0v) is 17.3. The normalized spacial score (nSPS) is 11.8. The molecule has 1 aromatic heterocycles. The van der Waals surface area contributed by atoms with E-state index in [1.807, 2.05) is 13.8 Å². The van der Waals surface area contributed by atoms with Gasteiger partial charge in [0, 0.05) is 25.3 Å². The highest BCUT2D eigenvalue weighted by Crippen LogP contribution is 2.14. The van der Waals surface area contributed by atoms with Gasteiger partial charge in [-0.25, -0.2) is 13.2 Å². The molecule has 0 radical (unpaired) electrons. The molecule has 0 aliphatic heterocycles. The SMILES string of the molecule is CC(C)C[C@H](CNC(=O)OC[n+]1cccc(C(N)=O)c1)CC(=O)O.CS(=O)(=O)[O-]. The van der Waals surface area contributed by atoms with Crippen molar-refractivity contribution in [1.29, 1.82) is 0 Å². The van der Waals surface area contributed by atoms with Gasteiger partial charge in [-0.2, -0.15) is 4.57 Å². The Bertz CT molecular complexity index is 788. The van der Waals surface area contributed by atoms with Crippen molar-refractivity contribution in [2.45, 2.75) is 33.4 Å². The number of carboxylic acids is 1. The molecule has 11 nitrogen and oxygen atoms in total. The third-order valence-corrected chi connectivity index (χ3v) is 3.29. The number of nitrogens with two attached hydrogens (primary N) is 1. The minimum absolute atomic E-state index is 0.00608. The van der Waals surface area contributed by atoms with E-state index < -0.39 is 28.1 Å². The molecule has 0 aliphatic rings. The number of hydrogen-bond donors (Lipinski definition) is 3. The zero-order chi connectivity index (χ0) is 22.6. The van der Waals surface area contributed by atoms with Crippen LogP contribution in [-0.2, 0) is 26.4 Å². The molecule has 12 heteroatoms. The van der Waals surface area contributed by atoms with Gasteiger partial charge in [0.05, 0.1) is 10.1 Å². The van der Waals surface area contributed by atoms with Crippen LogP contribution < -0.4 is 15.6 Å². The number of hydrogen-bond acceptors (Lipinski definition) is 7. The molecule has 0 saturated carbocycles. The number of pyridine rings is 1. The number of amides is 2. The molecule has 1 aromatic rings. The van der Waals surface area contributed by atoms with Gasteiger partial charge < -0.3 is 25.4 Å². The molecule has 0 saturated heterocycles. The number of rotatable bonds is 9. The van der Waals surface area contributed by atoms with Gasteiger partial charge in [0.25, 0.3) is 12.6 Å². The van der Waals surface area contributed by atoms with E-state index in [9.17, 15) is 14.4 Å². The predicted molar refractivity (Wildman–Crippen MR) is 100 cm³/mol. The molecule has 0 aliphatic carbocycles. The standard InChI is InChI=1S/C16H23N3O5.CH4O3S/c1-11(2)6-12(7-14(20)21)8-18-16(23)24-10-19-5-3-4-13(9-19)15(17)22;1-5(2,3)4/h3-5,9,11-12H,6-8,10H2,1-2H3,(H3-,17,18,20,21,22,23);1H3,(H,2,3,4)/t12-;/m0./s1. The lowest BCUT2D eigenvalue weighted by Crippen LogP contribution is -2.39. The lowest BCUT2D eigenvalue weighted by atomic mass is 9.94. The smallest absolute Gasteiger partial charge is 0.412 e. The van der Waals surface area contributed by atoms with Crippen LogP contribution in [0.4, 0.5) is 4.79 Å². The van der Waals surface area contributed by atoms with E-state index in [0.717, 1.165) is 0 Å². The molecule has 4 N–H and O–H groups in total. The lowest BCUT2D eigenvalue weighted by molar-refractivity contribution is -0.727. The molecule has 29 heavy (non-hydrogen) atoms. The molecule has 0 bridgehead atoms. The second kappa shape index (κ2) is 12.7. The summed E-state index contributed by atoms with van der Waals surface area (Å²) < 4.78 is 33.8. The Morgan fingerprint density at radius 3 is 2.41 bits per heavy atom. The van der Waals surface area contributed by atoms with E-state index in [2.05, 4.69) is 5.32 Å². The maximum Gasteiger partial charge on any atom is 0.412 e. The van der Waals surface area contributed by atoms with Crippen LogP contribution >= 0.6 is 0 Å². The number of ether oxygens (including phenoxy) is 1. The first-order valence-corrected chi connectivity index (χ1v) is 10.4. The van der Waals surface area contributed by atoms with Gasteiger partial charge in [-0.3, -0.25) is 9.59 Å². The van der Waals surface area contributed by atoms with Crippen molar-refractivity contribution < 1.29 is 41.8 Å². The fourth-order valence-electron chi connectivity index (χ4n) is 2.31. The maximum absolute atomic E-state index is 11.7. The van der Waals surface area contributed by atoms with E-state index >= 15 is 0 Å². The number of carbonyl (C=O) groups is 3. The predicted octanol–water partition coefficient (Wildman–Crippen LogP) is 0.0551. The number of alkyl carbamates (subject to hydrolysis) is 1. The molecule has 164 valence electrons. The highest BCUT2D eigenvalue weighted by molar-refractivity contribution is 7.84. The van der Waals surface area contributed by atoms with E-state index in [-0.39, 0.29) is 25.6 Å². The second-order valence-electron chi connectivity index (χ2n) is 6.71. The van der Waals surface area contributed by atoms with Crippen molar-refractivity contribution in [3.63, 3.8) is 0 Å². The quantitative estimate of drug-likeness (QED) is 0.361. The van der Waals surface area contributed by atoms with Crippen LogP contribution in [0.2, 0.25) is 0 Å². The Kier molecular flexibility index (Phi) is 11.5. The van der Waals surface area contributed by atoms with Crippen LogP contribution in [-0.4, -0.2) is 48.8 Å². The van der Waals surface area contributed by atoms with Crippen LogP contribution in [0.25, 0.3) is 0 Å². The highest BCUT2D eigenvalue weighted by atomic mass is 32.2. The average molecular weight is 433 g/mol. The Balaban J connectivity index is 0.00000139. The summed E-state index contributed by atoms with van der Waals surface area (Å²) in [6.07, 6.45) is 3.75. The monoisotopic (exact) mass is 433 g/mol. The second-order valence-corrected chi connectivity index (χ2v) is 8.12. The number of primary amides is 1. The summed E-state index contributed by atoms with van der Waals surface area (Å²) >= 11 is 0. The summed E-state index contributed by atoms with van der Waals surface area (Å²) in [6.45, 7) is 4.14. The first-order valence-electron chi connectivity index (χ1n) is 8.60. The van der Waals surface area contributed by atoms with Gasteiger partial charge in [0.2, 0.25) is 0 Å². The van der Waals surface area contributed by atoms with E-state index in [4.69, 9.17) is 28.5 Å². The summed E-state index contributed by atoms with van der Waals surface area (Å²) in [7, 11) is -3.92. The molecule has 0 aromatic carbocycles. The molecular formula is C17H27N3O8S. The van der Waals surface area contributed by atoms with Crippen molar-refractivity contribution in [3.8, 4) is 0 Å². The van der Waals surface area contributed by atoms with Gasteiger partial charge >= 0.3 is 12.1 Å². The van der Waals surface area contributed by atoms with Crippen molar-refractivity contribution in [2.75, 3.05) is 12.8 Å². The minimum Gasteiger partial charge on any atom is -0.748 e. The molecule has 1 atom stereocenters. The number of aliphatic carboxylic acids is 1. The first kappa shape index (κ1) is 26.3. The molecule has 1 heterocycles. The van der Waals surface area contributed by atoms with Crippen molar-refractivity contribution >= 4 is 28.1 Å². The number of nitrogens with one attached hydrogen (secondary N) is 1. The fraction of sp³-hybridized carbons (Fsp3) is 0.529. The third kappa shape index (κ3) is 16.0. The topological polar surface area (TPSA) is 180 Å². The summed E-state index contributed by atoms with van der Waals surface area (Å²) in [5.41, 5.74) is 5.48. The van der Waals surface area contributed by atoms with E-state index in [1.165, 1.54) is 10.8 Å². The summed E-state index contributed by atoms with van der Waals surface area (Å²) in [4.78, 5) is 33.7. The van der Waals surface area contributed by atoms with Gasteiger partial charge in [0.1, 0.15) is 5.56 Å². The number of aromatic nitrogens is 1. The van der Waals surface area contributed by atoms with Crippen molar-refractivity contribution in [1.82, 2.24) is 5.32 Å². The van der Waals surface area contributed by atoms with Crippen LogP contribution in [0.15, 0.2) is 24.5 Å². The van der Waals surface area contributed by atoms with Crippen LogP contribution in [0, 0.1) is 11.8 Å². The fourth-order valence-corrected chi connectivity index (χ4v) is 2.31. The maximum atomic E-state index is 11.7. The molecule has 2 amide bonds. The summed E-state index contributed by atoms with van der Waals surface area (Å²) in [5.74, 6) is -1.28. The van der Waals surface area contributed by atoms with Gasteiger partial charge in [-0.15, -0.1) is 0 Å². The van der Waals surface area contributed by atoms with Crippen molar-refractivity contribution in [2.24, 2.45) is 17.6 Å². The average Bonchev–Trinajstić information content (AvgIpc) is 2.55. The van der Waals surface area contributed by atoms with Crippen LogP contribution in [0.5, 0.6) is 0 Å². The number of carboxylic acid groups (broad SMARTS) is 1. The summed E-state index contributed by atoms with van der Waals surface area (Å²) in [6, 6.07) is 3.17. The van der Waals surface area contributed by atoms with Crippen LogP contribution in [0.3, 0.4) is 0 Å². The summed E-state index contributed by atoms with van der Waals surface area (Å²) in [5, 5.41) is 11.5. The number of carbonyl (C=O) groups excluding carboxylic acids is 2. The van der Waals surface area contributed by atoms with Gasteiger partial charge in [-0.05, 0) is 24.3 Å². The Morgan fingerprint density at radius 1 is 1.34 bits per heavy atom. The first-order chi connectivity index (χ1) is 13.3. The van der Waals surface area contributed by atoms with Gasteiger partial charge in [0.15, 0.2) is 12.4 Å². The van der Waals surface area contributed by atoms with Gasteiger partial charge in [-0.1, -0.05) is 13.8 Å². The molecular weight excluding hydrogens is 406 g/mol. The minimum atomic E-state index is -3.92. The Labute approximate surface area is 169 Å². The van der Waals surface area contributed by atoms with E-state index in [0.29, 0.717) is 24.2 Å². The molecule has 0 fully saturated rings. The largest absolute Gasteiger partial charge is 0.748 e. The third-order valence-electron chi connectivity index (χ3n) is 3.29. The van der Waals surface area contributed by atoms with Crippen molar-refractivity contribution in [3.05, 3.63) is 30.1 Å². The molecule has 0 unspecified atom stereocenters. The van der Waals surface area contributed by atoms with Crippen LogP contribution in [0.1, 0.15) is 37.0 Å². The van der Waals surface area contributed by atoms with E-state index in [1.54, 1.807) is 18.3 Å². The molecule has 1 rings (SSSR count). The molecule has 0 spiro atoms. The number of nitrogens with zero attached hydrogens (tertiary/aromatic N) is 1. The highest BCUT2D eigenvalue weighted by Gasteiger charge is 2.17. The zero-order valence-electron chi connectivity index (χ0n) is 16.5. The Morgan fingerprint density at radius 2 is 1.93 bits per heavy atom. The Hall–Kier alpha value is -2.73. The lowest BCUT2D eigenvalue weighted by Gasteiger charge is -2.17.